The third-order valence-electron chi connectivity index (χ3n) is 2.52. The van der Waals surface area contributed by atoms with E-state index in [4.69, 9.17) is 4.74 Å². The van der Waals surface area contributed by atoms with Gasteiger partial charge in [0.05, 0.1) is 11.7 Å². The molecule has 0 saturated carbocycles. The van der Waals surface area contributed by atoms with E-state index >= 15 is 0 Å². The molecule has 1 aliphatic rings. The van der Waals surface area contributed by atoms with Crippen LogP contribution in [0.3, 0.4) is 0 Å². The molecular formula is C9H18O2. The molecule has 0 aromatic rings. The van der Waals surface area contributed by atoms with Crippen molar-refractivity contribution in [1.82, 2.24) is 0 Å². The number of hydrogen-bond acceptors (Lipinski definition) is 2. The van der Waals surface area contributed by atoms with Crippen LogP contribution in [-0.2, 0) is 4.74 Å². The standard InChI is InChI=1S/C9H18O2/c1-3-5-8(10)9(2)6-4-7-11-9/h8,10H,3-7H2,1-2H3. The molecule has 2 atom stereocenters. The highest BCUT2D eigenvalue weighted by Crippen LogP contribution is 2.30. The summed E-state index contributed by atoms with van der Waals surface area (Å²) in [5.41, 5.74) is -0.240. The Kier molecular flexibility index (Phi) is 2.90. The van der Waals surface area contributed by atoms with E-state index in [1.54, 1.807) is 0 Å². The van der Waals surface area contributed by atoms with Gasteiger partial charge in [-0.15, -0.1) is 0 Å². The molecule has 1 saturated heterocycles. The second kappa shape index (κ2) is 3.55. The van der Waals surface area contributed by atoms with E-state index in [0.29, 0.717) is 0 Å². The Morgan fingerprint density at radius 3 is 2.82 bits per heavy atom. The van der Waals surface area contributed by atoms with Crippen molar-refractivity contribution in [2.45, 2.75) is 51.2 Å². The van der Waals surface area contributed by atoms with Crippen LogP contribution >= 0.6 is 0 Å². The Morgan fingerprint density at radius 1 is 1.64 bits per heavy atom. The molecule has 1 fully saturated rings. The first kappa shape index (κ1) is 9.01. The lowest BCUT2D eigenvalue weighted by Gasteiger charge is -2.28. The van der Waals surface area contributed by atoms with Crippen molar-refractivity contribution in [3.8, 4) is 0 Å². The zero-order chi connectivity index (χ0) is 8.32. The van der Waals surface area contributed by atoms with Crippen LogP contribution in [0.1, 0.15) is 39.5 Å². The molecule has 0 bridgehead atoms. The predicted molar refractivity (Wildman–Crippen MR) is 44.5 cm³/mol. The van der Waals surface area contributed by atoms with E-state index in [1.807, 2.05) is 6.92 Å². The van der Waals surface area contributed by atoms with Crippen molar-refractivity contribution >= 4 is 0 Å². The third kappa shape index (κ3) is 1.94. The van der Waals surface area contributed by atoms with E-state index in [1.165, 1.54) is 0 Å². The second-order valence-electron chi connectivity index (χ2n) is 3.57. The van der Waals surface area contributed by atoms with E-state index < -0.39 is 0 Å². The SMILES string of the molecule is CCCC(O)C1(C)CCCO1. The minimum atomic E-state index is -0.269. The Hall–Kier alpha value is -0.0800. The summed E-state index contributed by atoms with van der Waals surface area (Å²) < 4.78 is 5.50. The molecule has 1 rings (SSSR count). The first-order valence-electron chi connectivity index (χ1n) is 4.51. The lowest BCUT2D eigenvalue weighted by molar-refractivity contribution is -0.0804. The Morgan fingerprint density at radius 2 is 2.36 bits per heavy atom. The number of aliphatic hydroxyl groups is 1. The molecule has 2 nitrogen and oxygen atoms in total. The second-order valence-corrected chi connectivity index (χ2v) is 3.57. The van der Waals surface area contributed by atoms with Crippen LogP contribution in [0.15, 0.2) is 0 Å². The summed E-state index contributed by atoms with van der Waals surface area (Å²) in [5.74, 6) is 0. The van der Waals surface area contributed by atoms with Gasteiger partial charge in [0.2, 0.25) is 0 Å². The van der Waals surface area contributed by atoms with Gasteiger partial charge in [0, 0.05) is 6.61 Å². The Bertz CT molecular complexity index is 117. The fraction of sp³-hybridized carbons (Fsp3) is 1.00. The first-order chi connectivity index (χ1) is 5.19. The van der Waals surface area contributed by atoms with Crippen LogP contribution in [0, 0.1) is 0 Å². The molecule has 1 heterocycles. The summed E-state index contributed by atoms with van der Waals surface area (Å²) in [6.07, 6.45) is 3.72. The average molecular weight is 158 g/mol. The van der Waals surface area contributed by atoms with Gasteiger partial charge in [-0.25, -0.2) is 0 Å². The quantitative estimate of drug-likeness (QED) is 0.677. The molecule has 0 aromatic carbocycles. The minimum Gasteiger partial charge on any atom is -0.390 e. The van der Waals surface area contributed by atoms with Gasteiger partial charge in [0.25, 0.3) is 0 Å². The van der Waals surface area contributed by atoms with E-state index in [2.05, 4.69) is 6.92 Å². The topological polar surface area (TPSA) is 29.5 Å². The predicted octanol–water partition coefficient (Wildman–Crippen LogP) is 1.72. The van der Waals surface area contributed by atoms with Gasteiger partial charge in [-0.2, -0.15) is 0 Å². The smallest absolute Gasteiger partial charge is 0.0913 e. The van der Waals surface area contributed by atoms with Crippen molar-refractivity contribution in [1.29, 1.82) is 0 Å². The molecule has 66 valence electrons. The molecule has 2 heteroatoms. The molecule has 11 heavy (non-hydrogen) atoms. The highest BCUT2D eigenvalue weighted by molar-refractivity contribution is 4.87. The average Bonchev–Trinajstić information content (AvgIpc) is 2.38. The zero-order valence-corrected chi connectivity index (χ0v) is 7.47. The van der Waals surface area contributed by atoms with Crippen LogP contribution in [-0.4, -0.2) is 23.4 Å². The maximum absolute atomic E-state index is 9.68. The fourth-order valence-corrected chi connectivity index (χ4v) is 1.64. The molecule has 0 aromatic heterocycles. The monoisotopic (exact) mass is 158 g/mol. The zero-order valence-electron chi connectivity index (χ0n) is 7.47. The minimum absolute atomic E-state index is 0.240. The summed E-state index contributed by atoms with van der Waals surface area (Å²) >= 11 is 0. The van der Waals surface area contributed by atoms with Crippen molar-refractivity contribution in [2.24, 2.45) is 0 Å². The summed E-state index contributed by atoms with van der Waals surface area (Å²) in [4.78, 5) is 0. The number of hydrogen-bond donors (Lipinski definition) is 1. The normalized spacial score (nSPS) is 34.1. The van der Waals surface area contributed by atoms with Crippen LogP contribution in [0.2, 0.25) is 0 Å². The fourth-order valence-electron chi connectivity index (χ4n) is 1.64. The molecule has 2 unspecified atom stereocenters. The van der Waals surface area contributed by atoms with Crippen LogP contribution in [0.25, 0.3) is 0 Å². The van der Waals surface area contributed by atoms with Gasteiger partial charge < -0.3 is 9.84 Å². The summed E-state index contributed by atoms with van der Waals surface area (Å²) in [6, 6.07) is 0. The van der Waals surface area contributed by atoms with Gasteiger partial charge in [-0.3, -0.25) is 0 Å². The van der Waals surface area contributed by atoms with Crippen LogP contribution in [0.4, 0.5) is 0 Å². The summed E-state index contributed by atoms with van der Waals surface area (Å²) in [7, 11) is 0. The number of aliphatic hydroxyl groups excluding tert-OH is 1. The third-order valence-corrected chi connectivity index (χ3v) is 2.52. The Balaban J connectivity index is 2.42. The van der Waals surface area contributed by atoms with Gasteiger partial charge in [0.15, 0.2) is 0 Å². The van der Waals surface area contributed by atoms with E-state index in [9.17, 15) is 5.11 Å². The van der Waals surface area contributed by atoms with Crippen molar-refractivity contribution < 1.29 is 9.84 Å². The molecule has 0 radical (unpaired) electrons. The van der Waals surface area contributed by atoms with Gasteiger partial charge in [0.1, 0.15) is 0 Å². The van der Waals surface area contributed by atoms with Crippen LogP contribution in [0.5, 0.6) is 0 Å². The van der Waals surface area contributed by atoms with E-state index in [0.717, 1.165) is 32.3 Å². The van der Waals surface area contributed by atoms with Crippen molar-refractivity contribution in [3.05, 3.63) is 0 Å². The molecular weight excluding hydrogens is 140 g/mol. The summed E-state index contributed by atoms with van der Waals surface area (Å²) in [5, 5.41) is 9.68. The highest BCUT2D eigenvalue weighted by atomic mass is 16.5. The Labute approximate surface area is 68.6 Å². The maximum atomic E-state index is 9.68. The molecule has 1 N–H and O–H groups in total. The summed E-state index contributed by atoms with van der Waals surface area (Å²) in [6.45, 7) is 4.92. The lowest BCUT2D eigenvalue weighted by Crippen LogP contribution is -2.38. The van der Waals surface area contributed by atoms with Gasteiger partial charge in [-0.05, 0) is 26.2 Å². The van der Waals surface area contributed by atoms with Gasteiger partial charge >= 0.3 is 0 Å². The number of ether oxygens (including phenoxy) is 1. The van der Waals surface area contributed by atoms with E-state index in [-0.39, 0.29) is 11.7 Å². The highest BCUT2D eigenvalue weighted by Gasteiger charge is 2.36. The number of rotatable bonds is 3. The molecule has 0 aliphatic carbocycles. The molecule has 0 amide bonds. The maximum Gasteiger partial charge on any atom is 0.0913 e. The first-order valence-corrected chi connectivity index (χ1v) is 4.51. The van der Waals surface area contributed by atoms with Gasteiger partial charge in [-0.1, -0.05) is 13.3 Å². The van der Waals surface area contributed by atoms with Crippen molar-refractivity contribution in [3.63, 3.8) is 0 Å². The van der Waals surface area contributed by atoms with Crippen LogP contribution < -0.4 is 0 Å². The van der Waals surface area contributed by atoms with Crippen molar-refractivity contribution in [2.75, 3.05) is 6.61 Å². The molecule has 1 aliphatic heterocycles. The molecule has 0 spiro atoms. The lowest BCUT2D eigenvalue weighted by atomic mass is 9.93. The largest absolute Gasteiger partial charge is 0.390 e.